The highest BCUT2D eigenvalue weighted by Gasteiger charge is 2.26. The van der Waals surface area contributed by atoms with Crippen LogP contribution in [0.15, 0.2) is 30.6 Å². The van der Waals surface area contributed by atoms with Crippen LogP contribution in [0.25, 0.3) is 0 Å². The number of likely N-dealkylation sites (tertiary alicyclic amines) is 1. The topological polar surface area (TPSA) is 63.9 Å². The molecule has 1 aliphatic heterocycles. The molecule has 1 aromatic heterocycles. The van der Waals surface area contributed by atoms with Crippen molar-refractivity contribution < 1.29 is 4.79 Å². The minimum absolute atomic E-state index is 0.0703. The normalized spacial score (nSPS) is 18.1. The number of halogens is 1. The second-order valence-corrected chi connectivity index (χ2v) is 5.77. The third-order valence-electron chi connectivity index (χ3n) is 3.76. The van der Waals surface area contributed by atoms with Crippen molar-refractivity contribution in [3.8, 4) is 0 Å². The highest BCUT2D eigenvalue weighted by atomic mass is 35.5. The number of hydrogen-bond acceptors (Lipinski definition) is 4. The van der Waals surface area contributed by atoms with Gasteiger partial charge in [0.2, 0.25) is 5.91 Å². The molecule has 21 heavy (non-hydrogen) atoms. The van der Waals surface area contributed by atoms with Crippen LogP contribution in [0.3, 0.4) is 0 Å². The average Bonchev–Trinajstić information content (AvgIpc) is 3.13. The fourth-order valence-electron chi connectivity index (χ4n) is 2.67. The Hall–Kier alpha value is -1.95. The van der Waals surface area contributed by atoms with Gasteiger partial charge in [-0.3, -0.25) is 4.79 Å². The lowest BCUT2D eigenvalue weighted by molar-refractivity contribution is -0.131. The molecule has 7 heteroatoms. The van der Waals surface area contributed by atoms with Gasteiger partial charge < -0.3 is 4.90 Å². The molecule has 1 saturated heterocycles. The number of amides is 1. The Labute approximate surface area is 127 Å². The summed E-state index contributed by atoms with van der Waals surface area (Å²) >= 11 is 5.89. The summed E-state index contributed by atoms with van der Waals surface area (Å²) in [5.74, 6) is 0.574. The molecule has 3 rings (SSSR count). The van der Waals surface area contributed by atoms with Crippen LogP contribution in [0, 0.1) is 5.92 Å². The molecule has 1 atom stereocenters. The predicted molar refractivity (Wildman–Crippen MR) is 77.7 cm³/mol. The van der Waals surface area contributed by atoms with Gasteiger partial charge >= 0.3 is 0 Å². The van der Waals surface area contributed by atoms with E-state index in [0.29, 0.717) is 5.92 Å². The van der Waals surface area contributed by atoms with Crippen molar-refractivity contribution in [2.24, 2.45) is 5.92 Å². The van der Waals surface area contributed by atoms with Crippen LogP contribution in [0.2, 0.25) is 5.02 Å². The van der Waals surface area contributed by atoms with E-state index < -0.39 is 0 Å². The SMILES string of the molecule is O=C(Cn1cnnn1)N1CCC(Cc2ccc(Cl)cc2)C1. The Kier molecular flexibility index (Phi) is 4.15. The first-order valence-corrected chi connectivity index (χ1v) is 7.31. The second kappa shape index (κ2) is 6.22. The highest BCUT2D eigenvalue weighted by molar-refractivity contribution is 6.30. The lowest BCUT2D eigenvalue weighted by Gasteiger charge is -2.16. The number of carbonyl (C=O) groups is 1. The molecule has 1 amide bonds. The molecule has 0 bridgehead atoms. The van der Waals surface area contributed by atoms with Crippen molar-refractivity contribution in [2.75, 3.05) is 13.1 Å². The van der Waals surface area contributed by atoms with Crippen LogP contribution in [0.4, 0.5) is 0 Å². The highest BCUT2D eigenvalue weighted by Crippen LogP contribution is 2.22. The Morgan fingerprint density at radius 1 is 1.33 bits per heavy atom. The monoisotopic (exact) mass is 305 g/mol. The molecule has 0 saturated carbocycles. The summed E-state index contributed by atoms with van der Waals surface area (Å²) in [6.45, 7) is 1.81. The predicted octanol–water partition coefficient (Wildman–Crippen LogP) is 1.42. The van der Waals surface area contributed by atoms with E-state index in [-0.39, 0.29) is 12.5 Å². The maximum absolute atomic E-state index is 12.1. The van der Waals surface area contributed by atoms with Crippen LogP contribution in [-0.2, 0) is 17.8 Å². The van der Waals surface area contributed by atoms with Gasteiger partial charge in [0.15, 0.2) is 0 Å². The fourth-order valence-corrected chi connectivity index (χ4v) is 2.80. The standard InChI is InChI=1S/C14H16ClN5O/c15-13-3-1-11(2-4-13)7-12-5-6-19(8-12)14(21)9-20-10-16-17-18-20/h1-4,10,12H,5-9H2. The number of tetrazole rings is 1. The van der Waals surface area contributed by atoms with E-state index in [1.807, 2.05) is 29.2 Å². The summed E-state index contributed by atoms with van der Waals surface area (Å²) in [7, 11) is 0. The van der Waals surface area contributed by atoms with E-state index in [1.165, 1.54) is 16.6 Å². The minimum Gasteiger partial charge on any atom is -0.341 e. The quantitative estimate of drug-likeness (QED) is 0.857. The van der Waals surface area contributed by atoms with Gasteiger partial charge in [0, 0.05) is 18.1 Å². The minimum atomic E-state index is 0.0703. The molecular weight excluding hydrogens is 290 g/mol. The van der Waals surface area contributed by atoms with Gasteiger partial charge in [-0.1, -0.05) is 23.7 Å². The van der Waals surface area contributed by atoms with Crippen LogP contribution in [0.1, 0.15) is 12.0 Å². The van der Waals surface area contributed by atoms with Crippen LogP contribution < -0.4 is 0 Å². The number of aromatic nitrogens is 4. The summed E-state index contributed by atoms with van der Waals surface area (Å²) in [6.07, 6.45) is 3.47. The van der Waals surface area contributed by atoms with E-state index in [2.05, 4.69) is 15.5 Å². The second-order valence-electron chi connectivity index (χ2n) is 5.33. The van der Waals surface area contributed by atoms with Crippen LogP contribution >= 0.6 is 11.6 Å². The fraction of sp³-hybridized carbons (Fsp3) is 0.429. The van der Waals surface area contributed by atoms with Crippen molar-refractivity contribution in [2.45, 2.75) is 19.4 Å². The van der Waals surface area contributed by atoms with Crippen molar-refractivity contribution >= 4 is 17.5 Å². The third-order valence-corrected chi connectivity index (χ3v) is 4.02. The molecule has 0 N–H and O–H groups in total. The van der Waals surface area contributed by atoms with Crippen LogP contribution in [0.5, 0.6) is 0 Å². The van der Waals surface area contributed by atoms with E-state index in [9.17, 15) is 4.79 Å². The van der Waals surface area contributed by atoms with Gasteiger partial charge in [0.1, 0.15) is 12.9 Å². The number of hydrogen-bond donors (Lipinski definition) is 0. The van der Waals surface area contributed by atoms with Crippen molar-refractivity contribution in [3.05, 3.63) is 41.2 Å². The molecule has 1 fully saturated rings. The maximum atomic E-state index is 12.1. The van der Waals surface area contributed by atoms with Crippen molar-refractivity contribution in [3.63, 3.8) is 0 Å². The average molecular weight is 306 g/mol. The van der Waals surface area contributed by atoms with Gasteiger partial charge in [-0.2, -0.15) is 0 Å². The van der Waals surface area contributed by atoms with E-state index in [1.54, 1.807) is 0 Å². The lowest BCUT2D eigenvalue weighted by Crippen LogP contribution is -2.32. The first kappa shape index (κ1) is 14.0. The molecule has 6 nitrogen and oxygen atoms in total. The zero-order chi connectivity index (χ0) is 14.7. The first-order chi connectivity index (χ1) is 10.2. The summed E-state index contributed by atoms with van der Waals surface area (Å²) in [5.41, 5.74) is 1.26. The zero-order valence-electron chi connectivity index (χ0n) is 11.5. The Balaban J connectivity index is 1.53. The summed E-state index contributed by atoms with van der Waals surface area (Å²) in [4.78, 5) is 14.0. The Morgan fingerprint density at radius 3 is 2.86 bits per heavy atom. The van der Waals surface area contributed by atoms with E-state index >= 15 is 0 Å². The number of rotatable bonds is 4. The molecular formula is C14H16ClN5O. The molecule has 2 heterocycles. The first-order valence-electron chi connectivity index (χ1n) is 6.94. The van der Waals surface area contributed by atoms with Gasteiger partial charge in [-0.25, -0.2) is 4.68 Å². The lowest BCUT2D eigenvalue weighted by atomic mass is 9.99. The molecule has 0 aliphatic carbocycles. The summed E-state index contributed by atoms with van der Waals surface area (Å²) < 4.78 is 1.45. The molecule has 0 spiro atoms. The largest absolute Gasteiger partial charge is 0.341 e. The molecule has 1 aromatic carbocycles. The number of benzene rings is 1. The molecule has 110 valence electrons. The van der Waals surface area contributed by atoms with Gasteiger partial charge in [-0.15, -0.1) is 5.10 Å². The van der Waals surface area contributed by atoms with Crippen molar-refractivity contribution in [1.29, 1.82) is 0 Å². The van der Waals surface area contributed by atoms with Crippen molar-refractivity contribution in [1.82, 2.24) is 25.1 Å². The smallest absolute Gasteiger partial charge is 0.244 e. The number of carbonyl (C=O) groups excluding carboxylic acids is 1. The summed E-state index contributed by atoms with van der Waals surface area (Å²) in [6, 6.07) is 7.92. The van der Waals surface area contributed by atoms with Gasteiger partial charge in [0.25, 0.3) is 0 Å². The molecule has 1 unspecified atom stereocenters. The third kappa shape index (κ3) is 3.58. The Bertz CT molecular complexity index is 598. The molecule has 1 aliphatic rings. The molecule has 2 aromatic rings. The maximum Gasteiger partial charge on any atom is 0.244 e. The number of nitrogens with zero attached hydrogens (tertiary/aromatic N) is 5. The molecule has 0 radical (unpaired) electrons. The van der Waals surface area contributed by atoms with Gasteiger partial charge in [-0.05, 0) is 46.9 Å². The van der Waals surface area contributed by atoms with Gasteiger partial charge in [0.05, 0.1) is 0 Å². The summed E-state index contributed by atoms with van der Waals surface area (Å²) in [5, 5.41) is 11.5. The zero-order valence-corrected chi connectivity index (χ0v) is 12.3. The van der Waals surface area contributed by atoms with Crippen LogP contribution in [-0.4, -0.2) is 44.1 Å². The van der Waals surface area contributed by atoms with E-state index in [0.717, 1.165) is 31.0 Å². The Morgan fingerprint density at radius 2 is 2.14 bits per heavy atom. The van der Waals surface area contributed by atoms with E-state index in [4.69, 9.17) is 11.6 Å².